The molecule has 0 bridgehead atoms. The molecule has 1 aliphatic carbocycles. The van der Waals surface area contributed by atoms with Crippen LogP contribution < -0.4 is 0 Å². The Kier molecular flexibility index (Phi) is 6.40. The third-order valence-corrected chi connectivity index (χ3v) is 6.44. The minimum atomic E-state index is -0.552. The summed E-state index contributed by atoms with van der Waals surface area (Å²) >= 11 is 0. The van der Waals surface area contributed by atoms with Crippen LogP contribution in [-0.4, -0.2) is 23.2 Å². The average molecular weight is 434 g/mol. The van der Waals surface area contributed by atoms with Crippen molar-refractivity contribution in [2.45, 2.75) is 65.2 Å². The molecule has 1 N–H and O–H groups in total. The van der Waals surface area contributed by atoms with E-state index in [1.807, 2.05) is 6.92 Å². The summed E-state index contributed by atoms with van der Waals surface area (Å²) in [7, 11) is 0. The number of benzene rings is 2. The van der Waals surface area contributed by atoms with Crippen LogP contribution in [0.3, 0.4) is 0 Å². The first-order valence-corrected chi connectivity index (χ1v) is 10.8. The van der Waals surface area contributed by atoms with Crippen molar-refractivity contribution in [3.05, 3.63) is 81.6 Å². The first-order chi connectivity index (χ1) is 15.0. The van der Waals surface area contributed by atoms with E-state index < -0.39 is 5.97 Å². The first-order valence-electron chi connectivity index (χ1n) is 10.8. The van der Waals surface area contributed by atoms with E-state index in [0.717, 1.165) is 18.4 Å². The Morgan fingerprint density at radius 2 is 1.50 bits per heavy atom. The first kappa shape index (κ1) is 23.5. The molecule has 5 heteroatoms. The molecule has 0 amide bonds. The van der Waals surface area contributed by atoms with Gasteiger partial charge in [0.1, 0.15) is 0 Å². The van der Waals surface area contributed by atoms with E-state index in [1.165, 1.54) is 23.6 Å². The minimum absolute atomic E-state index is 0.0214. The van der Waals surface area contributed by atoms with Crippen LogP contribution >= 0.6 is 0 Å². The summed E-state index contributed by atoms with van der Waals surface area (Å²) in [6, 6.07) is 10.7. The van der Waals surface area contributed by atoms with Crippen molar-refractivity contribution in [1.82, 2.24) is 0 Å². The number of esters is 1. The van der Waals surface area contributed by atoms with E-state index >= 15 is 0 Å². The molecule has 1 aliphatic rings. The van der Waals surface area contributed by atoms with Crippen molar-refractivity contribution in [2.24, 2.45) is 5.16 Å². The zero-order chi connectivity index (χ0) is 23.7. The maximum Gasteiger partial charge on any atom is 0.342 e. The number of nitrogens with zero attached hydrogens (tertiary/aromatic N) is 1. The Balaban J connectivity index is 1.89. The van der Waals surface area contributed by atoms with Crippen LogP contribution in [0.5, 0.6) is 0 Å². The third kappa shape index (κ3) is 4.67. The van der Waals surface area contributed by atoms with Crippen LogP contribution in [0.25, 0.3) is 0 Å². The number of fused-ring (bicyclic) bond motifs is 1. The van der Waals surface area contributed by atoms with Gasteiger partial charge in [-0.05, 0) is 72.4 Å². The van der Waals surface area contributed by atoms with E-state index in [9.17, 15) is 9.59 Å². The van der Waals surface area contributed by atoms with Crippen molar-refractivity contribution >= 4 is 18.0 Å². The Morgan fingerprint density at radius 3 is 2.06 bits per heavy atom. The Labute approximate surface area is 189 Å². The minimum Gasteiger partial charge on any atom is -0.431 e. The van der Waals surface area contributed by atoms with Gasteiger partial charge in [-0.2, -0.15) is 0 Å². The number of ketones is 1. The van der Waals surface area contributed by atoms with Crippen molar-refractivity contribution < 1.29 is 19.5 Å². The highest BCUT2D eigenvalue weighted by molar-refractivity contribution is 6.10. The van der Waals surface area contributed by atoms with Gasteiger partial charge in [-0.1, -0.05) is 51.0 Å². The van der Waals surface area contributed by atoms with Gasteiger partial charge in [0.05, 0.1) is 18.0 Å². The van der Waals surface area contributed by atoms with Crippen LogP contribution in [0.15, 0.2) is 53.4 Å². The maximum absolute atomic E-state index is 13.3. The lowest BCUT2D eigenvalue weighted by molar-refractivity contribution is 0.0661. The second kappa shape index (κ2) is 8.73. The lowest BCUT2D eigenvalue weighted by atomic mass is 9.62. The summed E-state index contributed by atoms with van der Waals surface area (Å²) in [5.41, 5.74) is 5.70. The molecular formula is C27H31NO4. The highest BCUT2D eigenvalue weighted by Gasteiger charge is 2.37. The zero-order valence-electron chi connectivity index (χ0n) is 19.7. The third-order valence-electron chi connectivity index (χ3n) is 6.44. The number of carbonyl (C=O) groups excluding carboxylic acids is 2. The molecular weight excluding hydrogens is 402 g/mol. The number of aryl methyl sites for hydroxylation is 1. The van der Waals surface area contributed by atoms with Gasteiger partial charge in [0.15, 0.2) is 5.78 Å². The average Bonchev–Trinajstić information content (AvgIpc) is 2.75. The molecule has 0 heterocycles. The summed E-state index contributed by atoms with van der Waals surface area (Å²) in [6.45, 7) is 12.7. The largest absolute Gasteiger partial charge is 0.431 e. The molecule has 2 aromatic rings. The Morgan fingerprint density at radius 1 is 0.969 bits per heavy atom. The predicted molar refractivity (Wildman–Crippen MR) is 126 cm³/mol. The Bertz CT molecular complexity index is 1110. The fourth-order valence-electron chi connectivity index (χ4n) is 4.22. The second-order valence-corrected chi connectivity index (χ2v) is 9.90. The van der Waals surface area contributed by atoms with Gasteiger partial charge in [0.25, 0.3) is 0 Å². The molecule has 32 heavy (non-hydrogen) atoms. The van der Waals surface area contributed by atoms with Crippen LogP contribution in [0.2, 0.25) is 0 Å². The molecule has 5 nitrogen and oxygen atoms in total. The summed E-state index contributed by atoms with van der Waals surface area (Å²) in [5, 5.41) is 11.4. The van der Waals surface area contributed by atoms with E-state index in [4.69, 9.17) is 9.94 Å². The van der Waals surface area contributed by atoms with Gasteiger partial charge in [-0.15, -0.1) is 0 Å². The van der Waals surface area contributed by atoms with Gasteiger partial charge in [0, 0.05) is 16.7 Å². The van der Waals surface area contributed by atoms with Gasteiger partial charge >= 0.3 is 5.97 Å². The number of hydrogen-bond acceptors (Lipinski definition) is 5. The molecule has 0 unspecified atom stereocenters. The smallest absolute Gasteiger partial charge is 0.342 e. The Hall–Kier alpha value is -3.21. The highest BCUT2D eigenvalue weighted by atomic mass is 16.5. The van der Waals surface area contributed by atoms with Crippen molar-refractivity contribution in [3.63, 3.8) is 0 Å². The quantitative estimate of drug-likeness (QED) is 0.154. The summed E-state index contributed by atoms with van der Waals surface area (Å²) < 4.78 is 5.06. The predicted octanol–water partition coefficient (Wildman–Crippen LogP) is 6.10. The highest BCUT2D eigenvalue weighted by Crippen LogP contribution is 2.46. The number of oxime groups is 1. The number of carbonyl (C=O) groups is 2. The SMILES string of the molecule is CC(/C=N/O)=C\OC(=O)c1ccc(C(=O)c2cc3c(cc2C)C(C)(C)CCC3(C)C)cc1. The molecule has 168 valence electrons. The fraction of sp³-hybridized carbons (Fsp3) is 0.370. The fourth-order valence-corrected chi connectivity index (χ4v) is 4.22. The topological polar surface area (TPSA) is 76.0 Å². The molecule has 0 aromatic heterocycles. The van der Waals surface area contributed by atoms with Gasteiger partial charge in [0.2, 0.25) is 0 Å². The van der Waals surface area contributed by atoms with Crippen LogP contribution in [-0.2, 0) is 15.6 Å². The van der Waals surface area contributed by atoms with E-state index in [1.54, 1.807) is 31.2 Å². The molecule has 0 fully saturated rings. The number of ether oxygens (including phenoxy) is 1. The molecule has 0 atom stereocenters. The molecule has 0 aliphatic heterocycles. The van der Waals surface area contributed by atoms with E-state index in [0.29, 0.717) is 22.3 Å². The van der Waals surface area contributed by atoms with Crippen molar-refractivity contribution in [2.75, 3.05) is 0 Å². The second-order valence-electron chi connectivity index (χ2n) is 9.90. The van der Waals surface area contributed by atoms with Gasteiger partial charge in [-0.25, -0.2) is 4.79 Å². The lowest BCUT2D eigenvalue weighted by Gasteiger charge is -2.42. The van der Waals surface area contributed by atoms with Crippen LogP contribution in [0.4, 0.5) is 0 Å². The molecule has 0 saturated heterocycles. The zero-order valence-corrected chi connectivity index (χ0v) is 19.7. The molecule has 0 saturated carbocycles. The van der Waals surface area contributed by atoms with Crippen LogP contribution in [0, 0.1) is 6.92 Å². The van der Waals surface area contributed by atoms with Gasteiger partial charge < -0.3 is 9.94 Å². The lowest BCUT2D eigenvalue weighted by Crippen LogP contribution is -2.34. The summed E-state index contributed by atoms with van der Waals surface area (Å²) in [5.74, 6) is -0.608. The molecule has 3 rings (SSSR count). The molecule has 0 radical (unpaired) electrons. The monoisotopic (exact) mass is 433 g/mol. The van der Waals surface area contributed by atoms with Crippen molar-refractivity contribution in [3.8, 4) is 0 Å². The van der Waals surface area contributed by atoms with Crippen LogP contribution in [0.1, 0.15) is 90.4 Å². The molecule has 0 spiro atoms. The van der Waals surface area contributed by atoms with E-state index in [-0.39, 0.29) is 16.6 Å². The number of rotatable bonds is 5. The number of allylic oxidation sites excluding steroid dienone is 1. The standard InChI is InChI=1S/C27H31NO4/c1-17(15-28-31)16-32-25(30)20-9-7-19(8-10-20)24(29)21-14-23-22(13-18(21)2)26(3,4)11-12-27(23,5)6/h7-10,13-16,31H,11-12H2,1-6H3/b17-16+,28-15+. The summed E-state index contributed by atoms with van der Waals surface area (Å²) in [4.78, 5) is 25.5. The van der Waals surface area contributed by atoms with Crippen molar-refractivity contribution in [1.29, 1.82) is 0 Å². The normalized spacial score (nSPS) is 17.1. The number of hydrogen-bond donors (Lipinski definition) is 1. The maximum atomic E-state index is 13.3. The summed E-state index contributed by atoms with van der Waals surface area (Å²) in [6.07, 6.45) is 4.58. The van der Waals surface area contributed by atoms with E-state index in [2.05, 4.69) is 45.0 Å². The van der Waals surface area contributed by atoms with Gasteiger partial charge in [-0.3, -0.25) is 4.79 Å². The molecule has 2 aromatic carbocycles.